The summed E-state index contributed by atoms with van der Waals surface area (Å²) in [6.07, 6.45) is 0. The number of benzene rings is 3. The van der Waals surface area contributed by atoms with Gasteiger partial charge in [-0.05, 0) is 23.6 Å². The third kappa shape index (κ3) is 8.63. The van der Waals surface area contributed by atoms with Crippen molar-refractivity contribution in [3.05, 3.63) is 109 Å². The summed E-state index contributed by atoms with van der Waals surface area (Å²) in [7, 11) is -3.76. The Morgan fingerprint density at radius 1 is 0.814 bits per heavy atom. The molecule has 0 fully saturated rings. The smallest absolute Gasteiger partial charge is 0.270 e. The van der Waals surface area contributed by atoms with Crippen LogP contribution < -0.4 is 10.5 Å². The lowest BCUT2D eigenvalue weighted by Crippen LogP contribution is -2.12. The number of sulfonamides is 1. The van der Waals surface area contributed by atoms with Crippen molar-refractivity contribution in [2.45, 2.75) is 24.7 Å². The van der Waals surface area contributed by atoms with Crippen LogP contribution >= 0.6 is 39.7 Å². The van der Waals surface area contributed by atoms with Gasteiger partial charge in [-0.15, -0.1) is 39.7 Å². The molecule has 5 aromatic rings. The standard InChI is InChI=1S/C18H17N3O4S2.C9H7N3O2S.BrH/c1-12(2)13-6-8-16(9-7-13)27(24,25)20-18-19-17(11-26-18)14-4-3-5-15(10-14)21(22)23;10-9-11-8(5-15-9)6-2-1-3-7(4-6)12(13)14;/h3-12H,1-2H3,(H,19,20);1-5H,(H2,10,11);1H. The highest BCUT2D eigenvalue weighted by Gasteiger charge is 2.17. The number of hydrogen-bond acceptors (Lipinski definition) is 11. The van der Waals surface area contributed by atoms with Gasteiger partial charge in [0, 0.05) is 46.2 Å². The predicted octanol–water partition coefficient (Wildman–Crippen LogP) is 7.52. The van der Waals surface area contributed by atoms with Crippen molar-refractivity contribution in [2.75, 3.05) is 10.5 Å². The minimum Gasteiger partial charge on any atom is -0.375 e. The van der Waals surface area contributed by atoms with E-state index < -0.39 is 19.9 Å². The van der Waals surface area contributed by atoms with Crippen molar-refractivity contribution in [1.29, 1.82) is 0 Å². The van der Waals surface area contributed by atoms with E-state index in [1.807, 2.05) is 13.8 Å². The second-order valence-electron chi connectivity index (χ2n) is 9.05. The summed E-state index contributed by atoms with van der Waals surface area (Å²) in [5, 5.41) is 25.5. The predicted molar refractivity (Wildman–Crippen MR) is 174 cm³/mol. The van der Waals surface area contributed by atoms with E-state index in [1.165, 1.54) is 35.6 Å². The zero-order valence-electron chi connectivity index (χ0n) is 22.6. The molecule has 3 N–H and O–H groups in total. The molecule has 0 amide bonds. The van der Waals surface area contributed by atoms with Crippen molar-refractivity contribution in [3.63, 3.8) is 0 Å². The maximum atomic E-state index is 12.5. The van der Waals surface area contributed by atoms with Gasteiger partial charge >= 0.3 is 0 Å². The number of nitrogen functional groups attached to an aromatic ring is 1. The molecular formula is C27H25BrN6O6S3. The summed E-state index contributed by atoms with van der Waals surface area (Å²) in [6.45, 7) is 4.07. The summed E-state index contributed by atoms with van der Waals surface area (Å²) in [5.41, 5.74) is 8.94. The van der Waals surface area contributed by atoms with E-state index >= 15 is 0 Å². The summed E-state index contributed by atoms with van der Waals surface area (Å²) in [4.78, 5) is 29.0. The van der Waals surface area contributed by atoms with E-state index in [0.717, 1.165) is 16.9 Å². The van der Waals surface area contributed by atoms with Crippen molar-refractivity contribution < 1.29 is 18.3 Å². The minimum absolute atomic E-state index is 0. The molecule has 0 aliphatic rings. The molecule has 0 spiro atoms. The third-order valence-corrected chi connectivity index (χ3v) is 8.73. The van der Waals surface area contributed by atoms with Gasteiger partial charge in [-0.25, -0.2) is 18.4 Å². The van der Waals surface area contributed by atoms with E-state index in [9.17, 15) is 28.6 Å². The van der Waals surface area contributed by atoms with Crippen LogP contribution in [0.1, 0.15) is 25.3 Å². The van der Waals surface area contributed by atoms with Gasteiger partial charge in [0.15, 0.2) is 10.3 Å². The van der Waals surface area contributed by atoms with E-state index in [0.29, 0.717) is 33.6 Å². The first kappa shape index (κ1) is 33.3. The van der Waals surface area contributed by atoms with E-state index in [1.54, 1.807) is 59.3 Å². The zero-order chi connectivity index (χ0) is 30.4. The van der Waals surface area contributed by atoms with Crippen molar-refractivity contribution in [1.82, 2.24) is 9.97 Å². The average molecular weight is 706 g/mol. The fraction of sp³-hybridized carbons (Fsp3) is 0.111. The Morgan fingerprint density at radius 2 is 1.33 bits per heavy atom. The van der Waals surface area contributed by atoms with Crippen LogP contribution in [0.25, 0.3) is 22.5 Å². The van der Waals surface area contributed by atoms with E-state index in [-0.39, 0.29) is 38.4 Å². The maximum Gasteiger partial charge on any atom is 0.270 e. The first-order valence-corrected chi connectivity index (χ1v) is 15.5. The fourth-order valence-electron chi connectivity index (χ4n) is 3.64. The molecule has 0 unspecified atom stereocenters. The number of rotatable bonds is 8. The number of nitro benzene ring substituents is 2. The van der Waals surface area contributed by atoms with Gasteiger partial charge < -0.3 is 5.73 Å². The minimum atomic E-state index is -3.76. The lowest BCUT2D eigenvalue weighted by Gasteiger charge is -2.08. The molecule has 0 saturated carbocycles. The highest BCUT2D eigenvalue weighted by Crippen LogP contribution is 2.29. The maximum absolute atomic E-state index is 12.5. The lowest BCUT2D eigenvalue weighted by molar-refractivity contribution is -0.385. The van der Waals surface area contributed by atoms with E-state index in [4.69, 9.17) is 5.73 Å². The van der Waals surface area contributed by atoms with E-state index in [2.05, 4.69) is 14.7 Å². The SMILES string of the molecule is Br.CC(C)c1ccc(S(=O)(=O)Nc2nc(-c3cccc([N+](=O)[O-])c3)cs2)cc1.Nc1nc(-c2cccc([N+](=O)[O-])c2)cs1. The molecule has 224 valence electrons. The lowest BCUT2D eigenvalue weighted by atomic mass is 10.0. The monoisotopic (exact) mass is 704 g/mol. The second kappa shape index (κ2) is 14.3. The number of non-ortho nitro benzene ring substituents is 2. The Labute approximate surface area is 265 Å². The molecule has 0 aliphatic carbocycles. The molecule has 2 heterocycles. The van der Waals surface area contributed by atoms with Crippen LogP contribution in [0, 0.1) is 20.2 Å². The van der Waals surface area contributed by atoms with Crippen LogP contribution in [-0.2, 0) is 10.0 Å². The van der Waals surface area contributed by atoms with Gasteiger partial charge in [0.1, 0.15) is 0 Å². The molecule has 0 atom stereocenters. The summed E-state index contributed by atoms with van der Waals surface area (Å²) >= 11 is 2.43. The molecule has 3 aromatic carbocycles. The molecule has 0 bridgehead atoms. The molecule has 0 aliphatic heterocycles. The molecule has 2 aromatic heterocycles. The number of nitrogens with two attached hydrogens (primary N) is 1. The number of nitro groups is 2. The molecule has 0 radical (unpaired) electrons. The van der Waals surface area contributed by atoms with Crippen LogP contribution in [0.2, 0.25) is 0 Å². The zero-order valence-corrected chi connectivity index (χ0v) is 26.8. The molecule has 0 saturated heterocycles. The quantitative estimate of drug-likeness (QED) is 0.122. The number of nitrogens with zero attached hydrogens (tertiary/aromatic N) is 4. The average Bonchev–Trinajstić information content (AvgIpc) is 3.62. The Hall–Kier alpha value is -4.25. The highest BCUT2D eigenvalue weighted by atomic mass is 79.9. The second-order valence-corrected chi connectivity index (χ2v) is 12.5. The molecule has 43 heavy (non-hydrogen) atoms. The molecule has 12 nitrogen and oxygen atoms in total. The molecule has 5 rings (SSSR count). The number of anilines is 2. The Balaban J connectivity index is 0.000000268. The van der Waals surface area contributed by atoms with Gasteiger partial charge in [-0.3, -0.25) is 25.0 Å². The van der Waals surface area contributed by atoms with Crippen LogP contribution in [0.3, 0.4) is 0 Å². The van der Waals surface area contributed by atoms with Crippen molar-refractivity contribution in [2.24, 2.45) is 0 Å². The summed E-state index contributed by atoms with van der Waals surface area (Å²) in [6, 6.07) is 19.1. The molecular weight excluding hydrogens is 680 g/mol. The number of thiazole rings is 2. The van der Waals surface area contributed by atoms with Crippen LogP contribution in [0.4, 0.5) is 21.6 Å². The first-order valence-electron chi connectivity index (χ1n) is 12.2. The van der Waals surface area contributed by atoms with Gasteiger partial charge in [0.05, 0.1) is 26.1 Å². The number of nitrogens with one attached hydrogen (secondary N) is 1. The first-order chi connectivity index (χ1) is 19.9. The van der Waals surface area contributed by atoms with Gasteiger partial charge in [-0.1, -0.05) is 50.2 Å². The fourth-order valence-corrected chi connectivity index (χ4v) is 6.18. The van der Waals surface area contributed by atoms with Crippen molar-refractivity contribution >= 4 is 71.3 Å². The number of aromatic nitrogens is 2. The Bertz CT molecular complexity index is 1840. The number of halogens is 1. The Kier molecular flexibility index (Phi) is 11.0. The normalized spacial score (nSPS) is 10.8. The third-order valence-electron chi connectivity index (χ3n) is 5.81. The van der Waals surface area contributed by atoms with Gasteiger partial charge in [-0.2, -0.15) is 0 Å². The van der Waals surface area contributed by atoms with Crippen molar-refractivity contribution in [3.8, 4) is 22.5 Å². The number of hydrogen-bond donors (Lipinski definition) is 2. The summed E-state index contributed by atoms with van der Waals surface area (Å²) < 4.78 is 27.5. The summed E-state index contributed by atoms with van der Waals surface area (Å²) in [5.74, 6) is 0.311. The largest absolute Gasteiger partial charge is 0.375 e. The van der Waals surface area contributed by atoms with Gasteiger partial charge in [0.2, 0.25) is 0 Å². The van der Waals surface area contributed by atoms with Crippen LogP contribution in [0.5, 0.6) is 0 Å². The van der Waals surface area contributed by atoms with Gasteiger partial charge in [0.25, 0.3) is 21.4 Å². The Morgan fingerprint density at radius 3 is 1.79 bits per heavy atom. The van der Waals surface area contributed by atoms with Crippen LogP contribution in [0.15, 0.2) is 88.5 Å². The molecule has 16 heteroatoms. The highest BCUT2D eigenvalue weighted by molar-refractivity contribution is 8.93. The van der Waals surface area contributed by atoms with Crippen LogP contribution in [-0.4, -0.2) is 28.2 Å². The topological polar surface area (TPSA) is 184 Å².